The van der Waals surface area contributed by atoms with Crippen molar-refractivity contribution >= 4 is 27.3 Å². The van der Waals surface area contributed by atoms with Crippen LogP contribution in [-0.2, 0) is 6.54 Å². The largest absolute Gasteiger partial charge is 0.311 e. The summed E-state index contributed by atoms with van der Waals surface area (Å²) in [7, 11) is 2.20. The van der Waals surface area contributed by atoms with Gasteiger partial charge in [0.25, 0.3) is 0 Å². The van der Waals surface area contributed by atoms with E-state index in [1.54, 1.807) is 11.3 Å². The number of hydrogen-bond donors (Lipinski definition) is 1. The Hall–Kier alpha value is 0.1000. The predicted molar refractivity (Wildman–Crippen MR) is 80.7 cm³/mol. The van der Waals surface area contributed by atoms with Crippen LogP contribution in [0.25, 0.3) is 0 Å². The molecule has 1 heterocycles. The molecule has 0 saturated heterocycles. The van der Waals surface area contributed by atoms with Crippen LogP contribution in [0.3, 0.4) is 0 Å². The van der Waals surface area contributed by atoms with Gasteiger partial charge in [-0.1, -0.05) is 20.3 Å². The summed E-state index contributed by atoms with van der Waals surface area (Å²) < 4.78 is 1.19. The minimum Gasteiger partial charge on any atom is -0.311 e. The lowest BCUT2D eigenvalue weighted by molar-refractivity contribution is 0.281. The molecule has 17 heavy (non-hydrogen) atoms. The molecule has 0 amide bonds. The summed E-state index contributed by atoms with van der Waals surface area (Å²) in [5, 5.41) is 5.62. The van der Waals surface area contributed by atoms with E-state index in [0.717, 1.165) is 25.6 Å². The van der Waals surface area contributed by atoms with Crippen molar-refractivity contribution in [3.63, 3.8) is 0 Å². The number of rotatable bonds is 8. The second-order valence-corrected chi connectivity index (χ2v) is 6.60. The second-order valence-electron chi connectivity index (χ2n) is 4.68. The minimum absolute atomic E-state index is 0.799. The maximum absolute atomic E-state index is 3.49. The summed E-state index contributed by atoms with van der Waals surface area (Å²) in [6, 6.07) is 2.18. The molecule has 0 bridgehead atoms. The fraction of sp³-hybridized carbons (Fsp3) is 0.692. The van der Waals surface area contributed by atoms with Gasteiger partial charge >= 0.3 is 0 Å². The van der Waals surface area contributed by atoms with Crippen LogP contribution in [0.2, 0.25) is 0 Å². The van der Waals surface area contributed by atoms with E-state index in [9.17, 15) is 0 Å². The molecule has 1 aromatic rings. The first kappa shape index (κ1) is 15.2. The predicted octanol–water partition coefficient (Wildman–Crippen LogP) is 3.58. The second kappa shape index (κ2) is 8.25. The van der Waals surface area contributed by atoms with E-state index in [4.69, 9.17) is 0 Å². The molecule has 0 aromatic carbocycles. The lowest BCUT2D eigenvalue weighted by atomic mass is 10.1. The van der Waals surface area contributed by atoms with Gasteiger partial charge in [-0.15, -0.1) is 11.3 Å². The van der Waals surface area contributed by atoms with E-state index in [0.29, 0.717) is 0 Å². The molecule has 0 aliphatic rings. The lowest BCUT2D eigenvalue weighted by Crippen LogP contribution is -2.31. The van der Waals surface area contributed by atoms with Crippen molar-refractivity contribution in [1.29, 1.82) is 0 Å². The first-order valence-electron chi connectivity index (χ1n) is 6.24. The van der Waals surface area contributed by atoms with Crippen LogP contribution in [-0.4, -0.2) is 31.6 Å². The summed E-state index contributed by atoms with van der Waals surface area (Å²) in [5.74, 6) is 0.799. The van der Waals surface area contributed by atoms with Crippen LogP contribution in [0.15, 0.2) is 15.9 Å². The van der Waals surface area contributed by atoms with Crippen molar-refractivity contribution < 1.29 is 0 Å². The third kappa shape index (κ3) is 6.55. The van der Waals surface area contributed by atoms with Crippen molar-refractivity contribution in [2.75, 3.05) is 26.7 Å². The first-order chi connectivity index (χ1) is 8.11. The normalized spacial score (nSPS) is 13.2. The van der Waals surface area contributed by atoms with Gasteiger partial charge in [-0.2, -0.15) is 0 Å². The summed E-state index contributed by atoms with van der Waals surface area (Å²) in [5.41, 5.74) is 0. The molecule has 1 atom stereocenters. The number of hydrogen-bond acceptors (Lipinski definition) is 3. The van der Waals surface area contributed by atoms with Crippen LogP contribution in [0.5, 0.6) is 0 Å². The van der Waals surface area contributed by atoms with E-state index >= 15 is 0 Å². The van der Waals surface area contributed by atoms with Gasteiger partial charge in [0.05, 0.1) is 0 Å². The molecule has 2 nitrogen and oxygen atoms in total. The number of nitrogens with zero attached hydrogens (tertiary/aromatic N) is 1. The van der Waals surface area contributed by atoms with Crippen LogP contribution < -0.4 is 5.32 Å². The molecule has 0 spiro atoms. The third-order valence-electron chi connectivity index (χ3n) is 2.91. The maximum atomic E-state index is 3.49. The van der Waals surface area contributed by atoms with Crippen molar-refractivity contribution in [3.05, 3.63) is 20.8 Å². The Balaban J connectivity index is 2.07. The Morgan fingerprint density at radius 1 is 1.53 bits per heavy atom. The molecule has 0 aliphatic heterocycles. The summed E-state index contributed by atoms with van der Waals surface area (Å²) in [6.45, 7) is 8.92. The Morgan fingerprint density at radius 2 is 2.29 bits per heavy atom. The fourth-order valence-electron chi connectivity index (χ4n) is 1.68. The zero-order valence-corrected chi connectivity index (χ0v) is 13.4. The molecule has 98 valence electrons. The van der Waals surface area contributed by atoms with E-state index in [1.807, 2.05) is 0 Å². The Kier molecular flexibility index (Phi) is 7.35. The monoisotopic (exact) mass is 318 g/mol. The van der Waals surface area contributed by atoms with Crippen molar-refractivity contribution in [2.24, 2.45) is 5.92 Å². The van der Waals surface area contributed by atoms with Gasteiger partial charge in [0.2, 0.25) is 0 Å². The van der Waals surface area contributed by atoms with Gasteiger partial charge in [-0.25, -0.2) is 0 Å². The van der Waals surface area contributed by atoms with Crippen LogP contribution >= 0.6 is 27.3 Å². The highest BCUT2D eigenvalue weighted by Crippen LogP contribution is 2.19. The number of likely N-dealkylation sites (N-methyl/N-ethyl adjacent to an activating group) is 1. The Bertz CT molecular complexity index is 314. The molecular formula is C13H23BrN2S. The summed E-state index contributed by atoms with van der Waals surface area (Å²) in [6.07, 6.45) is 1.26. The smallest absolute Gasteiger partial charge is 0.0300 e. The minimum atomic E-state index is 0.799. The highest BCUT2D eigenvalue weighted by Gasteiger charge is 2.03. The van der Waals surface area contributed by atoms with Gasteiger partial charge in [-0.3, -0.25) is 0 Å². The van der Waals surface area contributed by atoms with Crippen molar-refractivity contribution in [1.82, 2.24) is 10.2 Å². The van der Waals surface area contributed by atoms with Crippen LogP contribution in [0.1, 0.15) is 25.1 Å². The van der Waals surface area contributed by atoms with E-state index in [1.165, 1.54) is 22.3 Å². The van der Waals surface area contributed by atoms with Gasteiger partial charge in [0, 0.05) is 40.9 Å². The first-order valence-corrected chi connectivity index (χ1v) is 7.91. The molecule has 4 heteroatoms. The molecule has 1 N–H and O–H groups in total. The molecule has 0 saturated carbocycles. The highest BCUT2D eigenvalue weighted by molar-refractivity contribution is 9.10. The van der Waals surface area contributed by atoms with Crippen LogP contribution in [0.4, 0.5) is 0 Å². The Morgan fingerprint density at radius 3 is 2.88 bits per heavy atom. The molecule has 0 fully saturated rings. The molecule has 0 radical (unpaired) electrons. The van der Waals surface area contributed by atoms with E-state index in [2.05, 4.69) is 58.5 Å². The van der Waals surface area contributed by atoms with Crippen molar-refractivity contribution in [2.45, 2.75) is 26.8 Å². The topological polar surface area (TPSA) is 15.3 Å². The van der Waals surface area contributed by atoms with Gasteiger partial charge in [0.1, 0.15) is 0 Å². The zero-order chi connectivity index (χ0) is 12.7. The number of nitrogens with one attached hydrogen (secondary N) is 1. The molecular weight excluding hydrogens is 296 g/mol. The summed E-state index contributed by atoms with van der Waals surface area (Å²) in [4.78, 5) is 3.80. The molecule has 0 aliphatic carbocycles. The molecule has 1 unspecified atom stereocenters. The number of thiophene rings is 1. The maximum Gasteiger partial charge on any atom is 0.0300 e. The zero-order valence-electron chi connectivity index (χ0n) is 11.0. The molecule has 1 aromatic heterocycles. The average molecular weight is 319 g/mol. The standard InChI is InChI=1S/C13H23BrN2S/c1-4-11(2)9-16(3)6-5-15-8-13-7-12(14)10-17-13/h7,10-11,15H,4-6,8-9H2,1-3H3. The Labute approximate surface area is 118 Å². The fourth-order valence-corrected chi connectivity index (χ4v) is 3.10. The quantitative estimate of drug-likeness (QED) is 0.737. The van der Waals surface area contributed by atoms with E-state index < -0.39 is 0 Å². The van der Waals surface area contributed by atoms with Crippen LogP contribution in [0, 0.1) is 5.92 Å². The lowest BCUT2D eigenvalue weighted by Gasteiger charge is -2.20. The van der Waals surface area contributed by atoms with Crippen molar-refractivity contribution in [3.8, 4) is 0 Å². The third-order valence-corrected chi connectivity index (χ3v) is 4.61. The highest BCUT2D eigenvalue weighted by atomic mass is 79.9. The average Bonchev–Trinajstić information content (AvgIpc) is 2.70. The van der Waals surface area contributed by atoms with Gasteiger partial charge in [-0.05, 0) is 35.0 Å². The van der Waals surface area contributed by atoms with Gasteiger partial charge < -0.3 is 10.2 Å². The van der Waals surface area contributed by atoms with Gasteiger partial charge in [0.15, 0.2) is 0 Å². The summed E-state index contributed by atoms with van der Waals surface area (Å²) >= 11 is 5.27. The van der Waals surface area contributed by atoms with E-state index in [-0.39, 0.29) is 0 Å². The number of halogens is 1. The SMILES string of the molecule is CCC(C)CN(C)CCNCc1cc(Br)cs1. The molecule has 1 rings (SSSR count).